The Kier molecular flexibility index (Phi) is 3.48. The van der Waals surface area contributed by atoms with Crippen LogP contribution < -0.4 is 5.73 Å². The van der Waals surface area contributed by atoms with E-state index in [-0.39, 0.29) is 0 Å². The fourth-order valence-corrected chi connectivity index (χ4v) is 2.90. The number of nitrogens with zero attached hydrogens (tertiary/aromatic N) is 1. The molecule has 0 amide bonds. The van der Waals surface area contributed by atoms with Crippen molar-refractivity contribution in [1.82, 2.24) is 10.2 Å². The molecular formula is C16H15N3S. The summed E-state index contributed by atoms with van der Waals surface area (Å²) in [5.41, 5.74) is 10.2. The van der Waals surface area contributed by atoms with E-state index in [1.807, 2.05) is 42.5 Å². The molecule has 0 saturated heterocycles. The average Bonchev–Trinajstić information content (AvgIpc) is 2.89. The molecule has 0 radical (unpaired) electrons. The number of rotatable bonds is 3. The minimum Gasteiger partial charge on any atom is -0.382 e. The third-order valence-corrected chi connectivity index (χ3v) is 4.03. The Hall–Kier alpha value is -2.20. The summed E-state index contributed by atoms with van der Waals surface area (Å²) >= 11 is 1.71. The van der Waals surface area contributed by atoms with Crippen LogP contribution in [-0.4, -0.2) is 16.5 Å². The van der Waals surface area contributed by atoms with E-state index in [9.17, 15) is 0 Å². The van der Waals surface area contributed by atoms with Gasteiger partial charge in [-0.1, -0.05) is 48.5 Å². The van der Waals surface area contributed by atoms with Crippen molar-refractivity contribution in [3.05, 3.63) is 54.6 Å². The zero-order valence-electron chi connectivity index (χ0n) is 11.1. The molecule has 0 aliphatic carbocycles. The van der Waals surface area contributed by atoms with Gasteiger partial charge in [0.2, 0.25) is 0 Å². The van der Waals surface area contributed by atoms with Gasteiger partial charge in [-0.25, -0.2) is 0 Å². The SMILES string of the molecule is CSc1ccccc1-c1[nH]nc(N)c1-c1ccccc1. The second-order valence-corrected chi connectivity index (χ2v) is 5.27. The number of nitrogen functional groups attached to an aromatic ring is 1. The topological polar surface area (TPSA) is 54.7 Å². The first-order valence-corrected chi connectivity index (χ1v) is 7.56. The van der Waals surface area contributed by atoms with Gasteiger partial charge in [0.1, 0.15) is 0 Å². The van der Waals surface area contributed by atoms with Gasteiger partial charge in [-0.15, -0.1) is 11.8 Å². The maximum Gasteiger partial charge on any atom is 0.153 e. The van der Waals surface area contributed by atoms with E-state index in [0.717, 1.165) is 22.4 Å². The van der Waals surface area contributed by atoms with Crippen molar-refractivity contribution in [3.8, 4) is 22.4 Å². The highest BCUT2D eigenvalue weighted by Gasteiger charge is 2.16. The van der Waals surface area contributed by atoms with Gasteiger partial charge < -0.3 is 5.73 Å². The van der Waals surface area contributed by atoms with E-state index in [4.69, 9.17) is 5.73 Å². The van der Waals surface area contributed by atoms with Crippen molar-refractivity contribution in [2.45, 2.75) is 4.90 Å². The van der Waals surface area contributed by atoms with Gasteiger partial charge >= 0.3 is 0 Å². The number of H-pyrrole nitrogens is 1. The minimum absolute atomic E-state index is 0.530. The zero-order chi connectivity index (χ0) is 13.9. The molecule has 0 bridgehead atoms. The number of anilines is 1. The molecule has 100 valence electrons. The summed E-state index contributed by atoms with van der Waals surface area (Å²) in [6.07, 6.45) is 2.07. The van der Waals surface area contributed by atoms with Crippen molar-refractivity contribution in [2.75, 3.05) is 12.0 Å². The summed E-state index contributed by atoms with van der Waals surface area (Å²) < 4.78 is 0. The largest absolute Gasteiger partial charge is 0.382 e. The molecule has 1 heterocycles. The second kappa shape index (κ2) is 5.43. The van der Waals surface area contributed by atoms with E-state index >= 15 is 0 Å². The Balaban J connectivity index is 2.22. The molecule has 0 aliphatic rings. The van der Waals surface area contributed by atoms with Crippen LogP contribution in [0.25, 0.3) is 22.4 Å². The van der Waals surface area contributed by atoms with Crippen LogP contribution >= 0.6 is 11.8 Å². The molecule has 2 aromatic carbocycles. The second-order valence-electron chi connectivity index (χ2n) is 4.43. The fourth-order valence-electron chi connectivity index (χ4n) is 2.30. The highest BCUT2D eigenvalue weighted by Crippen LogP contribution is 2.38. The predicted molar refractivity (Wildman–Crippen MR) is 85.7 cm³/mol. The summed E-state index contributed by atoms with van der Waals surface area (Å²) in [6.45, 7) is 0. The zero-order valence-corrected chi connectivity index (χ0v) is 11.9. The lowest BCUT2D eigenvalue weighted by Gasteiger charge is -2.08. The number of aromatic nitrogens is 2. The lowest BCUT2D eigenvalue weighted by Crippen LogP contribution is -1.89. The molecule has 20 heavy (non-hydrogen) atoms. The van der Waals surface area contributed by atoms with Crippen LogP contribution in [0, 0.1) is 0 Å². The lowest BCUT2D eigenvalue weighted by molar-refractivity contribution is 1.10. The van der Waals surface area contributed by atoms with Gasteiger partial charge in [0.15, 0.2) is 5.82 Å². The van der Waals surface area contributed by atoms with E-state index in [1.165, 1.54) is 4.90 Å². The quantitative estimate of drug-likeness (QED) is 0.712. The number of hydrogen-bond acceptors (Lipinski definition) is 3. The maximum absolute atomic E-state index is 6.05. The Morgan fingerprint density at radius 2 is 1.70 bits per heavy atom. The molecule has 3 nitrogen and oxygen atoms in total. The summed E-state index contributed by atoms with van der Waals surface area (Å²) in [5, 5.41) is 7.26. The molecule has 0 spiro atoms. The van der Waals surface area contributed by atoms with Crippen LogP contribution in [0.5, 0.6) is 0 Å². The maximum atomic E-state index is 6.05. The van der Waals surface area contributed by atoms with Gasteiger partial charge in [-0.05, 0) is 17.9 Å². The Morgan fingerprint density at radius 3 is 2.45 bits per heavy atom. The minimum atomic E-state index is 0.530. The van der Waals surface area contributed by atoms with Crippen molar-refractivity contribution in [1.29, 1.82) is 0 Å². The van der Waals surface area contributed by atoms with Crippen LogP contribution in [0.3, 0.4) is 0 Å². The van der Waals surface area contributed by atoms with E-state index in [1.54, 1.807) is 11.8 Å². The van der Waals surface area contributed by atoms with Gasteiger partial charge in [-0.3, -0.25) is 5.10 Å². The smallest absolute Gasteiger partial charge is 0.153 e. The number of aromatic amines is 1. The molecular weight excluding hydrogens is 266 g/mol. The van der Waals surface area contributed by atoms with Crippen molar-refractivity contribution < 1.29 is 0 Å². The van der Waals surface area contributed by atoms with Crippen LogP contribution in [-0.2, 0) is 0 Å². The van der Waals surface area contributed by atoms with Crippen LogP contribution in [0.15, 0.2) is 59.5 Å². The molecule has 0 atom stereocenters. The average molecular weight is 281 g/mol. The lowest BCUT2D eigenvalue weighted by atomic mass is 10.0. The first-order valence-electron chi connectivity index (χ1n) is 6.34. The van der Waals surface area contributed by atoms with Gasteiger partial charge in [0.05, 0.1) is 11.3 Å². The molecule has 3 N–H and O–H groups in total. The summed E-state index contributed by atoms with van der Waals surface area (Å²) in [5.74, 6) is 0.530. The van der Waals surface area contributed by atoms with Crippen LogP contribution in [0.1, 0.15) is 0 Å². The van der Waals surface area contributed by atoms with Gasteiger partial charge in [0, 0.05) is 10.5 Å². The molecule has 0 unspecified atom stereocenters. The molecule has 4 heteroatoms. The predicted octanol–water partition coefficient (Wildman–Crippen LogP) is 4.05. The van der Waals surface area contributed by atoms with Crippen LogP contribution in [0.4, 0.5) is 5.82 Å². The number of thioether (sulfide) groups is 1. The molecule has 0 fully saturated rings. The number of nitrogens with two attached hydrogens (primary N) is 1. The third-order valence-electron chi connectivity index (χ3n) is 3.23. The van der Waals surface area contributed by atoms with Gasteiger partial charge in [0.25, 0.3) is 0 Å². The van der Waals surface area contributed by atoms with E-state index in [0.29, 0.717) is 5.82 Å². The number of nitrogens with one attached hydrogen (secondary N) is 1. The summed E-state index contributed by atoms with van der Waals surface area (Å²) in [4.78, 5) is 1.20. The number of benzene rings is 2. The van der Waals surface area contributed by atoms with Crippen LogP contribution in [0.2, 0.25) is 0 Å². The van der Waals surface area contributed by atoms with E-state index < -0.39 is 0 Å². The van der Waals surface area contributed by atoms with Gasteiger partial charge in [-0.2, -0.15) is 5.10 Å². The molecule has 3 rings (SSSR count). The highest BCUT2D eigenvalue weighted by atomic mass is 32.2. The fraction of sp³-hybridized carbons (Fsp3) is 0.0625. The first kappa shape index (κ1) is 12.8. The third kappa shape index (κ3) is 2.18. The van der Waals surface area contributed by atoms with E-state index in [2.05, 4.69) is 28.6 Å². The Labute approximate surface area is 122 Å². The molecule has 1 aromatic heterocycles. The molecule has 0 saturated carbocycles. The highest BCUT2D eigenvalue weighted by molar-refractivity contribution is 7.98. The molecule has 3 aromatic rings. The first-order chi connectivity index (χ1) is 9.81. The normalized spacial score (nSPS) is 10.7. The van der Waals surface area contributed by atoms with Crippen molar-refractivity contribution in [3.63, 3.8) is 0 Å². The number of hydrogen-bond donors (Lipinski definition) is 2. The van der Waals surface area contributed by atoms with Crippen molar-refractivity contribution >= 4 is 17.6 Å². The van der Waals surface area contributed by atoms with Crippen molar-refractivity contribution in [2.24, 2.45) is 0 Å². The Morgan fingerprint density at radius 1 is 1.00 bits per heavy atom. The summed E-state index contributed by atoms with van der Waals surface area (Å²) in [7, 11) is 0. The monoisotopic (exact) mass is 281 g/mol. The molecule has 0 aliphatic heterocycles. The Bertz CT molecular complexity index is 720. The summed E-state index contributed by atoms with van der Waals surface area (Å²) in [6, 6.07) is 18.4. The standard InChI is InChI=1S/C16H15N3S/c1-20-13-10-6-5-9-12(13)15-14(16(17)19-18-15)11-7-3-2-4-8-11/h2-10H,1H3,(H3,17,18,19).